The molecule has 9 heteroatoms. The maximum atomic E-state index is 6.18. The van der Waals surface area contributed by atoms with Crippen LogP contribution in [0.2, 0.25) is 5.02 Å². The highest BCUT2D eigenvalue weighted by molar-refractivity contribution is 14.0. The summed E-state index contributed by atoms with van der Waals surface area (Å²) in [6.07, 6.45) is 6.40. The number of ether oxygens (including phenoxy) is 1. The maximum absolute atomic E-state index is 6.18. The van der Waals surface area contributed by atoms with Crippen molar-refractivity contribution in [3.63, 3.8) is 0 Å². The van der Waals surface area contributed by atoms with Crippen LogP contribution in [0.5, 0.6) is 5.75 Å². The van der Waals surface area contributed by atoms with Gasteiger partial charge in [-0.1, -0.05) is 30.7 Å². The molecule has 1 heterocycles. The molecule has 1 aromatic heterocycles. The molecule has 156 valence electrons. The van der Waals surface area contributed by atoms with Crippen LogP contribution in [0.1, 0.15) is 33.1 Å². The number of rotatable bonds is 11. The smallest absolute Gasteiger partial charge is 0.191 e. The molecule has 0 aliphatic rings. The van der Waals surface area contributed by atoms with Crippen LogP contribution in [0, 0.1) is 0 Å². The SMILES string of the molecule is CCNC(=NCC(CC)Oc1ccccc1Cl)NCCCCn1cnnc1.I. The van der Waals surface area contributed by atoms with Crippen molar-refractivity contribution < 1.29 is 4.74 Å². The first kappa shape index (κ1) is 24.5. The summed E-state index contributed by atoms with van der Waals surface area (Å²) in [5.74, 6) is 1.51. The first-order valence-corrected chi connectivity index (χ1v) is 9.86. The third-order valence-electron chi connectivity index (χ3n) is 3.98. The number of unbranched alkanes of at least 4 members (excludes halogenated alkanes) is 1. The van der Waals surface area contributed by atoms with Gasteiger partial charge in [0.1, 0.15) is 24.5 Å². The molecule has 0 fully saturated rings. The van der Waals surface area contributed by atoms with Crippen molar-refractivity contribution in [2.45, 2.75) is 45.8 Å². The lowest BCUT2D eigenvalue weighted by molar-refractivity contribution is 0.206. The average Bonchev–Trinajstić information content (AvgIpc) is 3.19. The van der Waals surface area contributed by atoms with E-state index in [1.54, 1.807) is 12.7 Å². The third-order valence-corrected chi connectivity index (χ3v) is 4.30. The molecule has 0 aliphatic heterocycles. The summed E-state index contributed by atoms with van der Waals surface area (Å²) in [5, 5.41) is 14.9. The van der Waals surface area contributed by atoms with Gasteiger partial charge in [-0.2, -0.15) is 0 Å². The second kappa shape index (κ2) is 14.4. The van der Waals surface area contributed by atoms with Crippen molar-refractivity contribution >= 4 is 41.5 Å². The van der Waals surface area contributed by atoms with Gasteiger partial charge in [0, 0.05) is 19.6 Å². The van der Waals surface area contributed by atoms with Gasteiger partial charge in [-0.25, -0.2) is 4.99 Å². The van der Waals surface area contributed by atoms with Crippen molar-refractivity contribution in [1.82, 2.24) is 25.4 Å². The number of nitrogens with one attached hydrogen (secondary N) is 2. The Morgan fingerprint density at radius 1 is 1.18 bits per heavy atom. The Balaban J connectivity index is 0.00000392. The van der Waals surface area contributed by atoms with Crippen molar-refractivity contribution in [2.75, 3.05) is 19.6 Å². The Labute approximate surface area is 189 Å². The number of hydrogen-bond donors (Lipinski definition) is 2. The van der Waals surface area contributed by atoms with Crippen LogP contribution < -0.4 is 15.4 Å². The molecule has 0 radical (unpaired) electrons. The van der Waals surface area contributed by atoms with E-state index in [9.17, 15) is 0 Å². The predicted molar refractivity (Wildman–Crippen MR) is 125 cm³/mol. The second-order valence-electron chi connectivity index (χ2n) is 6.13. The lowest BCUT2D eigenvalue weighted by Gasteiger charge is -2.18. The highest BCUT2D eigenvalue weighted by atomic mass is 127. The first-order chi connectivity index (χ1) is 13.2. The van der Waals surface area contributed by atoms with Crippen LogP contribution in [-0.2, 0) is 6.54 Å². The summed E-state index contributed by atoms with van der Waals surface area (Å²) >= 11 is 6.18. The lowest BCUT2D eigenvalue weighted by atomic mass is 10.2. The number of nitrogens with zero attached hydrogens (tertiary/aromatic N) is 4. The average molecular weight is 521 g/mol. The molecule has 2 rings (SSSR count). The van der Waals surface area contributed by atoms with Crippen LogP contribution in [0.25, 0.3) is 0 Å². The number of aryl methyl sites for hydroxylation is 1. The van der Waals surface area contributed by atoms with Crippen LogP contribution in [0.15, 0.2) is 41.9 Å². The second-order valence-corrected chi connectivity index (χ2v) is 6.54. The van der Waals surface area contributed by atoms with E-state index in [0.717, 1.165) is 44.9 Å². The molecule has 28 heavy (non-hydrogen) atoms. The zero-order valence-electron chi connectivity index (χ0n) is 16.5. The van der Waals surface area contributed by atoms with Crippen LogP contribution in [-0.4, -0.2) is 46.5 Å². The number of aliphatic imine (C=N–C) groups is 1. The van der Waals surface area contributed by atoms with E-state index in [4.69, 9.17) is 16.3 Å². The monoisotopic (exact) mass is 520 g/mol. The van der Waals surface area contributed by atoms with Gasteiger partial charge >= 0.3 is 0 Å². The molecule has 2 N–H and O–H groups in total. The number of halogens is 2. The van der Waals surface area contributed by atoms with Gasteiger partial charge in [-0.15, -0.1) is 34.2 Å². The van der Waals surface area contributed by atoms with Crippen molar-refractivity contribution in [3.05, 3.63) is 41.9 Å². The molecule has 0 saturated carbocycles. The fourth-order valence-corrected chi connectivity index (χ4v) is 2.65. The highest BCUT2D eigenvalue weighted by Gasteiger charge is 2.10. The minimum Gasteiger partial charge on any atom is -0.487 e. The summed E-state index contributed by atoms with van der Waals surface area (Å²) in [7, 11) is 0. The van der Waals surface area contributed by atoms with Gasteiger partial charge in [-0.05, 0) is 38.3 Å². The number of hydrogen-bond acceptors (Lipinski definition) is 4. The molecule has 0 aliphatic carbocycles. The summed E-state index contributed by atoms with van der Waals surface area (Å²) in [4.78, 5) is 4.66. The van der Waals surface area contributed by atoms with Crippen molar-refractivity contribution in [3.8, 4) is 5.75 Å². The molecule has 1 unspecified atom stereocenters. The van der Waals surface area contributed by atoms with E-state index < -0.39 is 0 Å². The quantitative estimate of drug-likeness (QED) is 0.204. The standard InChI is InChI=1S/C19H29ClN6O.HI/c1-3-16(27-18-10-6-5-9-17(18)20)13-23-19(21-4-2)22-11-7-8-12-26-14-24-25-15-26;/h5-6,9-10,14-16H,3-4,7-8,11-13H2,1-2H3,(H2,21,22,23);1H. The van der Waals surface area contributed by atoms with E-state index in [2.05, 4.69) is 39.7 Å². The zero-order chi connectivity index (χ0) is 19.3. The fourth-order valence-electron chi connectivity index (χ4n) is 2.47. The van der Waals surface area contributed by atoms with E-state index in [0.29, 0.717) is 17.3 Å². The Kier molecular flexibility index (Phi) is 12.6. The summed E-state index contributed by atoms with van der Waals surface area (Å²) in [5.41, 5.74) is 0. The minimum atomic E-state index is -0.0194. The number of guanidine groups is 1. The molecule has 1 aromatic carbocycles. The Morgan fingerprint density at radius 2 is 1.93 bits per heavy atom. The largest absolute Gasteiger partial charge is 0.487 e. The summed E-state index contributed by atoms with van der Waals surface area (Å²) in [6.45, 7) is 7.30. The van der Waals surface area contributed by atoms with Gasteiger partial charge in [0.05, 0.1) is 11.6 Å². The Bertz CT molecular complexity index is 683. The molecular formula is C19H30ClIN6O. The predicted octanol–water partition coefficient (Wildman–Crippen LogP) is 3.74. The van der Waals surface area contributed by atoms with E-state index in [1.165, 1.54) is 0 Å². The normalized spacial score (nSPS) is 12.2. The Hall–Kier alpha value is -1.55. The van der Waals surface area contributed by atoms with Gasteiger partial charge in [0.15, 0.2) is 5.96 Å². The van der Waals surface area contributed by atoms with Gasteiger partial charge < -0.3 is 19.9 Å². The van der Waals surface area contributed by atoms with Crippen LogP contribution >= 0.6 is 35.6 Å². The van der Waals surface area contributed by atoms with Gasteiger partial charge in [0.2, 0.25) is 0 Å². The zero-order valence-corrected chi connectivity index (χ0v) is 19.6. The van der Waals surface area contributed by atoms with Crippen LogP contribution in [0.4, 0.5) is 0 Å². The fraction of sp³-hybridized carbons (Fsp3) is 0.526. The van der Waals surface area contributed by atoms with E-state index >= 15 is 0 Å². The summed E-state index contributed by atoms with van der Waals surface area (Å²) in [6, 6.07) is 7.53. The highest BCUT2D eigenvalue weighted by Crippen LogP contribution is 2.24. The summed E-state index contributed by atoms with van der Waals surface area (Å²) < 4.78 is 7.98. The van der Waals surface area contributed by atoms with E-state index in [-0.39, 0.29) is 30.1 Å². The first-order valence-electron chi connectivity index (χ1n) is 9.48. The molecule has 7 nitrogen and oxygen atoms in total. The maximum Gasteiger partial charge on any atom is 0.191 e. The van der Waals surface area contributed by atoms with Crippen molar-refractivity contribution in [2.24, 2.45) is 4.99 Å². The number of benzene rings is 1. The minimum absolute atomic E-state index is 0. The molecule has 0 amide bonds. The van der Waals surface area contributed by atoms with Gasteiger partial charge in [0.25, 0.3) is 0 Å². The topological polar surface area (TPSA) is 76.4 Å². The molecule has 0 saturated heterocycles. The molecular weight excluding hydrogens is 491 g/mol. The number of aromatic nitrogens is 3. The van der Waals surface area contributed by atoms with Crippen LogP contribution in [0.3, 0.4) is 0 Å². The number of para-hydroxylation sites is 1. The van der Waals surface area contributed by atoms with Gasteiger partial charge in [-0.3, -0.25) is 0 Å². The molecule has 0 spiro atoms. The lowest BCUT2D eigenvalue weighted by Crippen LogP contribution is -2.38. The molecule has 1 atom stereocenters. The molecule has 2 aromatic rings. The third kappa shape index (κ3) is 9.09. The molecule has 0 bridgehead atoms. The van der Waals surface area contributed by atoms with Crippen molar-refractivity contribution in [1.29, 1.82) is 0 Å². The Morgan fingerprint density at radius 3 is 2.61 bits per heavy atom. The van der Waals surface area contributed by atoms with E-state index in [1.807, 2.05) is 28.8 Å².